The van der Waals surface area contributed by atoms with Gasteiger partial charge in [0.2, 0.25) is 0 Å². The van der Waals surface area contributed by atoms with Crippen LogP contribution in [0.15, 0.2) is 42.0 Å². The van der Waals surface area contributed by atoms with Crippen molar-refractivity contribution in [2.24, 2.45) is 0 Å². The number of benzene rings is 1. The van der Waals surface area contributed by atoms with Gasteiger partial charge in [-0.2, -0.15) is 0 Å². The second-order valence-electron chi connectivity index (χ2n) is 3.44. The molecule has 0 saturated carbocycles. The van der Waals surface area contributed by atoms with Crippen LogP contribution in [0.5, 0.6) is 0 Å². The van der Waals surface area contributed by atoms with Crippen LogP contribution in [0, 0.1) is 0 Å². The first-order valence-corrected chi connectivity index (χ1v) is 4.55. The summed E-state index contributed by atoms with van der Waals surface area (Å²) in [5, 5.41) is 9.18. The predicted molar refractivity (Wildman–Crippen MR) is 55.7 cm³/mol. The van der Waals surface area contributed by atoms with E-state index in [0.717, 1.165) is 0 Å². The predicted octanol–water partition coefficient (Wildman–Crippen LogP) is 2.73. The number of allylic oxidation sites excluding steroid dienone is 1. The molecule has 1 atom stereocenters. The summed E-state index contributed by atoms with van der Waals surface area (Å²) in [6, 6.07) is 10.1. The Morgan fingerprint density at radius 2 is 1.92 bits per heavy atom. The standard InChI is InChI=1S/C12H16O/c1-10(2)8-12(9-13)11-6-4-3-5-7-11/h3-8,12-13H,9H2,1-2H3/t12-/m0/s1. The molecule has 70 valence electrons. The van der Waals surface area contributed by atoms with Gasteiger partial charge in [0.25, 0.3) is 0 Å². The highest BCUT2D eigenvalue weighted by molar-refractivity contribution is 5.24. The Morgan fingerprint density at radius 1 is 1.31 bits per heavy atom. The van der Waals surface area contributed by atoms with E-state index in [9.17, 15) is 5.11 Å². The molecule has 13 heavy (non-hydrogen) atoms. The van der Waals surface area contributed by atoms with Crippen molar-refractivity contribution >= 4 is 0 Å². The van der Waals surface area contributed by atoms with Gasteiger partial charge in [-0.25, -0.2) is 0 Å². The molecule has 0 bridgehead atoms. The van der Waals surface area contributed by atoms with Gasteiger partial charge in [0.05, 0.1) is 6.61 Å². The molecule has 1 aromatic rings. The smallest absolute Gasteiger partial charge is 0.0534 e. The fourth-order valence-electron chi connectivity index (χ4n) is 1.36. The molecule has 1 rings (SSSR count). The SMILES string of the molecule is CC(C)=C[C@@H](CO)c1ccccc1. The Morgan fingerprint density at radius 3 is 2.38 bits per heavy atom. The van der Waals surface area contributed by atoms with Crippen molar-refractivity contribution in [3.05, 3.63) is 47.5 Å². The molecule has 0 spiro atoms. The molecule has 1 N–H and O–H groups in total. The van der Waals surface area contributed by atoms with Crippen LogP contribution in [-0.2, 0) is 0 Å². The molecule has 0 saturated heterocycles. The maximum Gasteiger partial charge on any atom is 0.0534 e. The molecule has 0 aliphatic rings. The van der Waals surface area contributed by atoms with Gasteiger partial charge in [-0.05, 0) is 19.4 Å². The lowest BCUT2D eigenvalue weighted by atomic mass is 9.98. The van der Waals surface area contributed by atoms with Crippen molar-refractivity contribution in [1.29, 1.82) is 0 Å². The van der Waals surface area contributed by atoms with E-state index in [1.807, 2.05) is 44.2 Å². The van der Waals surface area contributed by atoms with Gasteiger partial charge in [0.1, 0.15) is 0 Å². The lowest BCUT2D eigenvalue weighted by Crippen LogP contribution is -2.00. The molecule has 0 heterocycles. The summed E-state index contributed by atoms with van der Waals surface area (Å²) in [5.74, 6) is 0.145. The summed E-state index contributed by atoms with van der Waals surface area (Å²) in [6.07, 6.45) is 2.09. The molecule has 1 aromatic carbocycles. The largest absolute Gasteiger partial charge is 0.395 e. The lowest BCUT2D eigenvalue weighted by molar-refractivity contribution is 0.283. The van der Waals surface area contributed by atoms with E-state index < -0.39 is 0 Å². The maximum atomic E-state index is 9.18. The van der Waals surface area contributed by atoms with Crippen LogP contribution in [0.2, 0.25) is 0 Å². The van der Waals surface area contributed by atoms with Gasteiger partial charge < -0.3 is 5.11 Å². The van der Waals surface area contributed by atoms with E-state index in [-0.39, 0.29) is 12.5 Å². The average Bonchev–Trinajstić information content (AvgIpc) is 2.15. The number of aliphatic hydroxyl groups is 1. The molecule has 0 amide bonds. The van der Waals surface area contributed by atoms with Crippen LogP contribution in [0.1, 0.15) is 25.3 Å². The van der Waals surface area contributed by atoms with Gasteiger partial charge in [0, 0.05) is 5.92 Å². The number of hydrogen-bond donors (Lipinski definition) is 1. The molecule has 0 aliphatic carbocycles. The highest BCUT2D eigenvalue weighted by atomic mass is 16.3. The molecule has 0 aromatic heterocycles. The summed E-state index contributed by atoms with van der Waals surface area (Å²) in [4.78, 5) is 0. The summed E-state index contributed by atoms with van der Waals surface area (Å²) < 4.78 is 0. The minimum atomic E-state index is 0.145. The molecule has 0 aliphatic heterocycles. The summed E-state index contributed by atoms with van der Waals surface area (Å²) in [5.41, 5.74) is 2.41. The Balaban J connectivity index is 2.85. The number of rotatable bonds is 3. The normalized spacial score (nSPS) is 12.2. The van der Waals surface area contributed by atoms with Gasteiger partial charge in [0.15, 0.2) is 0 Å². The van der Waals surface area contributed by atoms with Gasteiger partial charge in [-0.15, -0.1) is 0 Å². The van der Waals surface area contributed by atoms with Crippen LogP contribution in [0.25, 0.3) is 0 Å². The number of hydrogen-bond acceptors (Lipinski definition) is 1. The van der Waals surface area contributed by atoms with Gasteiger partial charge >= 0.3 is 0 Å². The zero-order valence-electron chi connectivity index (χ0n) is 8.20. The summed E-state index contributed by atoms with van der Waals surface area (Å²) in [7, 11) is 0. The molecular formula is C12H16O. The molecule has 0 fully saturated rings. The Hall–Kier alpha value is -1.08. The van der Waals surface area contributed by atoms with Gasteiger partial charge in [-0.3, -0.25) is 0 Å². The second kappa shape index (κ2) is 4.83. The van der Waals surface area contributed by atoms with Crippen LogP contribution in [0.4, 0.5) is 0 Å². The fourth-order valence-corrected chi connectivity index (χ4v) is 1.36. The number of aliphatic hydroxyl groups excluding tert-OH is 1. The van der Waals surface area contributed by atoms with E-state index in [2.05, 4.69) is 6.08 Å². The summed E-state index contributed by atoms with van der Waals surface area (Å²) in [6.45, 7) is 4.27. The maximum absolute atomic E-state index is 9.18. The lowest BCUT2D eigenvalue weighted by Gasteiger charge is -2.10. The molecular weight excluding hydrogens is 160 g/mol. The first kappa shape index (κ1) is 10.0. The second-order valence-corrected chi connectivity index (χ2v) is 3.44. The van der Waals surface area contributed by atoms with Crippen molar-refractivity contribution in [2.45, 2.75) is 19.8 Å². The first-order valence-electron chi connectivity index (χ1n) is 4.55. The average molecular weight is 176 g/mol. The molecule has 0 unspecified atom stereocenters. The Labute approximate surface area is 79.7 Å². The first-order chi connectivity index (χ1) is 6.24. The van der Waals surface area contributed by atoms with E-state index in [1.165, 1.54) is 11.1 Å². The zero-order chi connectivity index (χ0) is 9.68. The van der Waals surface area contributed by atoms with Crippen molar-refractivity contribution < 1.29 is 5.11 Å². The van der Waals surface area contributed by atoms with Crippen LogP contribution in [-0.4, -0.2) is 11.7 Å². The highest BCUT2D eigenvalue weighted by Crippen LogP contribution is 2.17. The van der Waals surface area contributed by atoms with E-state index in [1.54, 1.807) is 0 Å². The Kier molecular flexibility index (Phi) is 3.71. The van der Waals surface area contributed by atoms with Crippen LogP contribution in [0.3, 0.4) is 0 Å². The van der Waals surface area contributed by atoms with E-state index in [4.69, 9.17) is 0 Å². The minimum absolute atomic E-state index is 0.145. The third-order valence-corrected chi connectivity index (χ3v) is 1.96. The molecule has 0 radical (unpaired) electrons. The van der Waals surface area contributed by atoms with E-state index in [0.29, 0.717) is 0 Å². The topological polar surface area (TPSA) is 20.2 Å². The molecule has 1 heteroatoms. The summed E-state index contributed by atoms with van der Waals surface area (Å²) >= 11 is 0. The van der Waals surface area contributed by atoms with E-state index >= 15 is 0 Å². The third-order valence-electron chi connectivity index (χ3n) is 1.96. The third kappa shape index (κ3) is 3.03. The van der Waals surface area contributed by atoms with Crippen molar-refractivity contribution in [2.75, 3.05) is 6.61 Å². The van der Waals surface area contributed by atoms with Crippen molar-refractivity contribution in [1.82, 2.24) is 0 Å². The quantitative estimate of drug-likeness (QED) is 0.702. The Bertz CT molecular complexity index is 270. The van der Waals surface area contributed by atoms with Gasteiger partial charge in [-0.1, -0.05) is 42.0 Å². The zero-order valence-corrected chi connectivity index (χ0v) is 8.20. The van der Waals surface area contributed by atoms with Crippen LogP contribution >= 0.6 is 0 Å². The fraction of sp³-hybridized carbons (Fsp3) is 0.333. The highest BCUT2D eigenvalue weighted by Gasteiger charge is 2.05. The van der Waals surface area contributed by atoms with Crippen molar-refractivity contribution in [3.8, 4) is 0 Å². The van der Waals surface area contributed by atoms with Crippen LogP contribution < -0.4 is 0 Å². The van der Waals surface area contributed by atoms with Crippen molar-refractivity contribution in [3.63, 3.8) is 0 Å². The monoisotopic (exact) mass is 176 g/mol. The minimum Gasteiger partial charge on any atom is -0.395 e. The molecule has 1 nitrogen and oxygen atoms in total.